The number of rotatable bonds is 6. The van der Waals surface area contributed by atoms with E-state index in [0.29, 0.717) is 19.4 Å². The number of carboxylic acid groups (broad SMARTS) is 1. The molecule has 1 atom stereocenters. The lowest BCUT2D eigenvalue weighted by Crippen LogP contribution is -2.46. The van der Waals surface area contributed by atoms with Gasteiger partial charge in [-0.15, -0.1) is 0 Å². The second kappa shape index (κ2) is 6.72. The first-order chi connectivity index (χ1) is 9.00. The normalized spacial score (nSPS) is 22.6. The Morgan fingerprint density at radius 2 is 1.84 bits per heavy atom. The van der Waals surface area contributed by atoms with Crippen molar-refractivity contribution in [3.05, 3.63) is 0 Å². The molecule has 0 saturated carbocycles. The van der Waals surface area contributed by atoms with Crippen LogP contribution in [0.2, 0.25) is 0 Å². The number of aliphatic carboxylic acids is 1. The minimum atomic E-state index is -0.874. The van der Waals surface area contributed by atoms with Crippen molar-refractivity contribution in [2.24, 2.45) is 5.41 Å². The van der Waals surface area contributed by atoms with E-state index in [2.05, 4.69) is 0 Å². The third-order valence-corrected chi connectivity index (χ3v) is 3.77. The molecule has 7 nitrogen and oxygen atoms in total. The van der Waals surface area contributed by atoms with E-state index in [1.54, 1.807) is 6.92 Å². The summed E-state index contributed by atoms with van der Waals surface area (Å²) in [5.41, 5.74) is -0.861. The maximum Gasteiger partial charge on any atom is 0.320 e. The summed E-state index contributed by atoms with van der Waals surface area (Å²) in [6.07, 6.45) is 0.919. The van der Waals surface area contributed by atoms with E-state index < -0.39 is 11.4 Å². The predicted octanol–water partition coefficient (Wildman–Crippen LogP) is -0.420. The Balaban J connectivity index is 2.71. The largest absolute Gasteiger partial charge is 0.481 e. The number of aliphatic hydroxyl groups is 2. The molecule has 1 unspecified atom stereocenters. The van der Waals surface area contributed by atoms with Gasteiger partial charge in [-0.1, -0.05) is 6.92 Å². The summed E-state index contributed by atoms with van der Waals surface area (Å²) < 4.78 is 0. The van der Waals surface area contributed by atoms with Crippen LogP contribution in [0.3, 0.4) is 0 Å². The monoisotopic (exact) mass is 274 g/mol. The molecule has 1 fully saturated rings. The second-order valence-electron chi connectivity index (χ2n) is 4.83. The third-order valence-electron chi connectivity index (χ3n) is 3.77. The molecule has 1 saturated heterocycles. The van der Waals surface area contributed by atoms with E-state index in [0.717, 1.165) is 0 Å². The first-order valence-electron chi connectivity index (χ1n) is 6.49. The van der Waals surface area contributed by atoms with Crippen LogP contribution in [0.1, 0.15) is 19.8 Å². The molecule has 1 aliphatic heterocycles. The maximum absolute atomic E-state index is 12.2. The van der Waals surface area contributed by atoms with Gasteiger partial charge in [0.25, 0.3) is 0 Å². The topological polar surface area (TPSA) is 101 Å². The van der Waals surface area contributed by atoms with Crippen molar-refractivity contribution < 1.29 is 24.9 Å². The van der Waals surface area contributed by atoms with E-state index in [1.807, 2.05) is 0 Å². The van der Waals surface area contributed by atoms with E-state index >= 15 is 0 Å². The zero-order valence-corrected chi connectivity index (χ0v) is 11.2. The number of carboxylic acids is 1. The number of aliphatic hydroxyl groups excluding tert-OH is 2. The van der Waals surface area contributed by atoms with Crippen LogP contribution in [0, 0.1) is 5.41 Å². The molecule has 110 valence electrons. The van der Waals surface area contributed by atoms with Crippen LogP contribution < -0.4 is 0 Å². The minimum Gasteiger partial charge on any atom is -0.481 e. The Kier molecular flexibility index (Phi) is 5.56. The summed E-state index contributed by atoms with van der Waals surface area (Å²) in [7, 11) is 0. The molecule has 0 aromatic carbocycles. The highest BCUT2D eigenvalue weighted by molar-refractivity contribution is 5.79. The number of urea groups is 1. The second-order valence-corrected chi connectivity index (χ2v) is 4.83. The maximum atomic E-state index is 12.2. The Hall–Kier alpha value is -1.34. The quantitative estimate of drug-likeness (QED) is 0.610. The van der Waals surface area contributed by atoms with Gasteiger partial charge in [-0.05, 0) is 12.8 Å². The molecule has 1 aliphatic rings. The van der Waals surface area contributed by atoms with Gasteiger partial charge < -0.3 is 25.1 Å². The summed E-state index contributed by atoms with van der Waals surface area (Å²) in [6, 6.07) is -0.320. The van der Waals surface area contributed by atoms with E-state index in [4.69, 9.17) is 10.2 Å². The number of amides is 2. The highest BCUT2D eigenvalue weighted by Gasteiger charge is 2.45. The highest BCUT2D eigenvalue weighted by atomic mass is 16.4. The van der Waals surface area contributed by atoms with Gasteiger partial charge in [0.1, 0.15) is 0 Å². The zero-order valence-electron chi connectivity index (χ0n) is 11.2. The molecule has 0 aromatic heterocycles. The molecule has 0 bridgehead atoms. The molecule has 0 aliphatic carbocycles. The summed E-state index contributed by atoms with van der Waals surface area (Å²) in [5.74, 6) is -0.874. The van der Waals surface area contributed by atoms with Gasteiger partial charge in [0.15, 0.2) is 0 Å². The van der Waals surface area contributed by atoms with Gasteiger partial charge in [-0.2, -0.15) is 0 Å². The summed E-state index contributed by atoms with van der Waals surface area (Å²) in [5, 5.41) is 27.1. The fourth-order valence-corrected chi connectivity index (χ4v) is 2.39. The van der Waals surface area contributed by atoms with Crippen molar-refractivity contribution in [1.82, 2.24) is 9.80 Å². The number of carbonyl (C=O) groups is 2. The van der Waals surface area contributed by atoms with Crippen molar-refractivity contribution in [3.63, 3.8) is 0 Å². The summed E-state index contributed by atoms with van der Waals surface area (Å²) in [4.78, 5) is 26.3. The highest BCUT2D eigenvalue weighted by Crippen LogP contribution is 2.34. The molecule has 7 heteroatoms. The van der Waals surface area contributed by atoms with E-state index in [1.165, 1.54) is 9.80 Å². The zero-order chi connectivity index (χ0) is 14.5. The lowest BCUT2D eigenvalue weighted by Gasteiger charge is -2.28. The third kappa shape index (κ3) is 3.36. The van der Waals surface area contributed by atoms with Gasteiger partial charge in [-0.25, -0.2) is 4.79 Å². The smallest absolute Gasteiger partial charge is 0.320 e. The van der Waals surface area contributed by atoms with Crippen molar-refractivity contribution in [1.29, 1.82) is 0 Å². The van der Waals surface area contributed by atoms with Crippen LogP contribution >= 0.6 is 0 Å². The van der Waals surface area contributed by atoms with Crippen molar-refractivity contribution in [2.45, 2.75) is 19.8 Å². The number of likely N-dealkylation sites (tertiary alicyclic amines) is 1. The van der Waals surface area contributed by atoms with Crippen LogP contribution in [0.5, 0.6) is 0 Å². The van der Waals surface area contributed by atoms with Crippen LogP contribution in [-0.4, -0.2) is 76.5 Å². The van der Waals surface area contributed by atoms with E-state index in [9.17, 15) is 14.7 Å². The van der Waals surface area contributed by atoms with Crippen molar-refractivity contribution in [3.8, 4) is 0 Å². The Morgan fingerprint density at radius 1 is 1.26 bits per heavy atom. The molecule has 0 spiro atoms. The van der Waals surface area contributed by atoms with Crippen LogP contribution in [0.25, 0.3) is 0 Å². The van der Waals surface area contributed by atoms with E-state index in [-0.39, 0.29) is 38.9 Å². The molecular formula is C12H22N2O5. The van der Waals surface area contributed by atoms with Gasteiger partial charge in [0.2, 0.25) is 0 Å². The molecule has 1 heterocycles. The van der Waals surface area contributed by atoms with Gasteiger partial charge in [-0.3, -0.25) is 4.79 Å². The average molecular weight is 274 g/mol. The lowest BCUT2D eigenvalue weighted by molar-refractivity contribution is -0.148. The van der Waals surface area contributed by atoms with Crippen LogP contribution in [0.4, 0.5) is 4.79 Å². The summed E-state index contributed by atoms with van der Waals surface area (Å²) in [6.45, 7) is 2.30. The molecule has 19 heavy (non-hydrogen) atoms. The Labute approximate surface area is 112 Å². The number of hydrogen-bond acceptors (Lipinski definition) is 4. The number of nitrogens with zero attached hydrogens (tertiary/aromatic N) is 2. The SMILES string of the molecule is CCC1(C(=O)O)CCN(C(=O)N(CCO)CCO)C1. The lowest BCUT2D eigenvalue weighted by atomic mass is 9.84. The van der Waals surface area contributed by atoms with Gasteiger partial charge >= 0.3 is 12.0 Å². The number of hydrogen-bond donors (Lipinski definition) is 3. The molecule has 3 N–H and O–H groups in total. The van der Waals surface area contributed by atoms with Crippen LogP contribution in [-0.2, 0) is 4.79 Å². The van der Waals surface area contributed by atoms with Gasteiger partial charge in [0.05, 0.1) is 18.6 Å². The van der Waals surface area contributed by atoms with Crippen molar-refractivity contribution in [2.75, 3.05) is 39.4 Å². The fourth-order valence-electron chi connectivity index (χ4n) is 2.39. The molecule has 2 amide bonds. The minimum absolute atomic E-state index is 0.141. The summed E-state index contributed by atoms with van der Waals surface area (Å²) >= 11 is 0. The van der Waals surface area contributed by atoms with Crippen molar-refractivity contribution >= 4 is 12.0 Å². The Bertz CT molecular complexity index is 330. The first kappa shape index (κ1) is 15.7. The Morgan fingerprint density at radius 3 is 2.21 bits per heavy atom. The molecule has 0 aromatic rings. The van der Waals surface area contributed by atoms with Crippen LogP contribution in [0.15, 0.2) is 0 Å². The fraction of sp³-hybridized carbons (Fsp3) is 0.833. The standard InChI is InChI=1S/C12H22N2O5/c1-2-12(10(17)18)3-4-14(9-12)11(19)13(5-7-15)6-8-16/h15-16H,2-9H2,1H3,(H,17,18). The predicted molar refractivity (Wildman–Crippen MR) is 67.7 cm³/mol. The van der Waals surface area contributed by atoms with Gasteiger partial charge in [0, 0.05) is 26.2 Å². The first-order valence-corrected chi connectivity index (χ1v) is 6.49. The average Bonchev–Trinajstić information content (AvgIpc) is 2.83. The molecular weight excluding hydrogens is 252 g/mol. The molecule has 0 radical (unpaired) electrons. The molecule has 1 rings (SSSR count). The number of carbonyl (C=O) groups excluding carboxylic acids is 1.